The van der Waals surface area contributed by atoms with Crippen LogP contribution in [0.4, 0.5) is 4.39 Å². The minimum Gasteiger partial charge on any atom is -0.496 e. The molecule has 0 spiro atoms. The van der Waals surface area contributed by atoms with Gasteiger partial charge >= 0.3 is 0 Å². The Balaban J connectivity index is 2.09. The second kappa shape index (κ2) is 7.07. The quantitative estimate of drug-likeness (QED) is 0.917. The van der Waals surface area contributed by atoms with Gasteiger partial charge in [-0.05, 0) is 31.5 Å². The van der Waals surface area contributed by atoms with Crippen molar-refractivity contribution >= 4 is 5.91 Å². The number of amides is 1. The molecular weight excluding hydrogens is 281 g/mol. The molecule has 0 heterocycles. The van der Waals surface area contributed by atoms with Gasteiger partial charge in [-0.25, -0.2) is 4.39 Å². The van der Waals surface area contributed by atoms with Gasteiger partial charge in [-0.1, -0.05) is 35.9 Å². The highest BCUT2D eigenvalue weighted by Gasteiger charge is 2.15. The molecule has 1 atom stereocenters. The monoisotopic (exact) mass is 301 g/mol. The lowest BCUT2D eigenvalue weighted by atomic mass is 10.0. The van der Waals surface area contributed by atoms with Crippen molar-refractivity contribution in [3.8, 4) is 5.75 Å². The average Bonchev–Trinajstić information content (AvgIpc) is 2.49. The summed E-state index contributed by atoms with van der Waals surface area (Å²) in [5, 5.41) is 2.89. The average molecular weight is 301 g/mol. The summed E-state index contributed by atoms with van der Waals surface area (Å²) in [7, 11) is 1.60. The molecule has 2 rings (SSSR count). The van der Waals surface area contributed by atoms with Crippen LogP contribution >= 0.6 is 0 Å². The molecule has 3 nitrogen and oxygen atoms in total. The van der Waals surface area contributed by atoms with E-state index in [0.29, 0.717) is 5.56 Å². The van der Waals surface area contributed by atoms with Gasteiger partial charge in [0.15, 0.2) is 0 Å². The van der Waals surface area contributed by atoms with Gasteiger partial charge in [-0.15, -0.1) is 0 Å². The van der Waals surface area contributed by atoms with Crippen LogP contribution < -0.4 is 10.1 Å². The molecular formula is C18H20FNO2. The Hall–Kier alpha value is -2.36. The molecule has 1 unspecified atom stereocenters. The summed E-state index contributed by atoms with van der Waals surface area (Å²) in [6, 6.07) is 11.9. The zero-order valence-corrected chi connectivity index (χ0v) is 13.0. The van der Waals surface area contributed by atoms with Crippen molar-refractivity contribution in [1.29, 1.82) is 0 Å². The van der Waals surface area contributed by atoms with Gasteiger partial charge in [0, 0.05) is 5.56 Å². The second-order valence-corrected chi connectivity index (χ2v) is 5.30. The molecule has 4 heteroatoms. The third-order valence-corrected chi connectivity index (χ3v) is 3.54. The molecule has 2 aromatic carbocycles. The fraction of sp³-hybridized carbons (Fsp3) is 0.278. The maximum atomic E-state index is 13.6. The van der Waals surface area contributed by atoms with Gasteiger partial charge in [0.2, 0.25) is 5.91 Å². The first-order valence-electron chi connectivity index (χ1n) is 7.18. The third kappa shape index (κ3) is 3.85. The van der Waals surface area contributed by atoms with E-state index in [1.165, 1.54) is 6.07 Å². The zero-order valence-electron chi connectivity index (χ0n) is 13.0. The molecule has 116 valence electrons. The molecule has 0 aromatic heterocycles. The second-order valence-electron chi connectivity index (χ2n) is 5.30. The first-order chi connectivity index (χ1) is 10.5. The van der Waals surface area contributed by atoms with Crippen LogP contribution in [0.25, 0.3) is 0 Å². The molecule has 0 fully saturated rings. The standard InChI is InChI=1S/C18H20FNO2/c1-12-8-9-17(22-3)15(10-12)13(2)20-18(21)11-14-6-4-5-7-16(14)19/h4-10,13H,11H2,1-3H3,(H,20,21). The molecule has 0 aliphatic heterocycles. The summed E-state index contributed by atoms with van der Waals surface area (Å²) in [6.07, 6.45) is 0.0190. The number of carbonyl (C=O) groups is 1. The van der Waals surface area contributed by atoms with E-state index in [1.807, 2.05) is 32.0 Å². The molecule has 1 amide bonds. The Kier molecular flexibility index (Phi) is 5.15. The SMILES string of the molecule is COc1ccc(C)cc1C(C)NC(=O)Cc1ccccc1F. The van der Waals surface area contributed by atoms with E-state index in [2.05, 4.69) is 5.32 Å². The first kappa shape index (κ1) is 16.0. The van der Waals surface area contributed by atoms with Gasteiger partial charge in [0.05, 0.1) is 19.6 Å². The van der Waals surface area contributed by atoms with Crippen LogP contribution in [0.5, 0.6) is 5.75 Å². The Morgan fingerprint density at radius 1 is 1.27 bits per heavy atom. The van der Waals surface area contributed by atoms with Crippen LogP contribution in [0, 0.1) is 12.7 Å². The summed E-state index contributed by atoms with van der Waals surface area (Å²) < 4.78 is 18.9. The number of halogens is 1. The topological polar surface area (TPSA) is 38.3 Å². The van der Waals surface area contributed by atoms with E-state index in [9.17, 15) is 9.18 Å². The first-order valence-corrected chi connectivity index (χ1v) is 7.18. The Morgan fingerprint density at radius 2 is 2.00 bits per heavy atom. The predicted molar refractivity (Wildman–Crippen MR) is 84.4 cm³/mol. The number of ether oxygens (including phenoxy) is 1. The lowest BCUT2D eigenvalue weighted by Gasteiger charge is -2.18. The maximum absolute atomic E-state index is 13.6. The van der Waals surface area contributed by atoms with E-state index < -0.39 is 0 Å². The van der Waals surface area contributed by atoms with E-state index in [1.54, 1.807) is 25.3 Å². The van der Waals surface area contributed by atoms with Crippen LogP contribution in [-0.2, 0) is 11.2 Å². The highest BCUT2D eigenvalue weighted by molar-refractivity contribution is 5.79. The van der Waals surface area contributed by atoms with Gasteiger partial charge < -0.3 is 10.1 Å². The number of hydrogen-bond acceptors (Lipinski definition) is 2. The zero-order chi connectivity index (χ0) is 16.1. The third-order valence-electron chi connectivity index (χ3n) is 3.54. The molecule has 0 aliphatic rings. The van der Waals surface area contributed by atoms with Crippen LogP contribution in [0.15, 0.2) is 42.5 Å². The van der Waals surface area contributed by atoms with Gasteiger partial charge in [0.1, 0.15) is 11.6 Å². The van der Waals surface area contributed by atoms with Crippen LogP contribution in [0.1, 0.15) is 29.7 Å². The van der Waals surface area contributed by atoms with Gasteiger partial charge in [0.25, 0.3) is 0 Å². The Bertz CT molecular complexity index is 670. The van der Waals surface area contributed by atoms with Gasteiger partial charge in [-0.2, -0.15) is 0 Å². The Labute approximate surface area is 130 Å². The number of rotatable bonds is 5. The minimum absolute atomic E-state index is 0.0190. The van der Waals surface area contributed by atoms with E-state index >= 15 is 0 Å². The predicted octanol–water partition coefficient (Wildman–Crippen LogP) is 3.56. The lowest BCUT2D eigenvalue weighted by Crippen LogP contribution is -2.28. The summed E-state index contributed by atoms with van der Waals surface area (Å²) >= 11 is 0. The van der Waals surface area contributed by atoms with Crippen molar-refractivity contribution in [2.24, 2.45) is 0 Å². The van der Waals surface area contributed by atoms with Crippen molar-refractivity contribution in [2.75, 3.05) is 7.11 Å². The van der Waals surface area contributed by atoms with Crippen molar-refractivity contribution < 1.29 is 13.9 Å². The molecule has 0 radical (unpaired) electrons. The summed E-state index contributed by atoms with van der Waals surface area (Å²) in [5.41, 5.74) is 2.39. The highest BCUT2D eigenvalue weighted by atomic mass is 19.1. The molecule has 2 aromatic rings. The molecule has 0 saturated carbocycles. The number of carbonyl (C=O) groups excluding carboxylic acids is 1. The smallest absolute Gasteiger partial charge is 0.225 e. The minimum atomic E-state index is -0.363. The lowest BCUT2D eigenvalue weighted by molar-refractivity contribution is -0.121. The van der Waals surface area contributed by atoms with E-state index in [0.717, 1.165) is 16.9 Å². The fourth-order valence-corrected chi connectivity index (χ4v) is 2.38. The van der Waals surface area contributed by atoms with E-state index in [4.69, 9.17) is 4.74 Å². The molecule has 0 aliphatic carbocycles. The molecule has 0 bridgehead atoms. The molecule has 0 saturated heterocycles. The van der Waals surface area contributed by atoms with E-state index in [-0.39, 0.29) is 24.2 Å². The molecule has 1 N–H and O–H groups in total. The molecule has 22 heavy (non-hydrogen) atoms. The number of aryl methyl sites for hydroxylation is 1. The van der Waals surface area contributed by atoms with Crippen molar-refractivity contribution in [3.63, 3.8) is 0 Å². The number of benzene rings is 2. The number of hydrogen-bond donors (Lipinski definition) is 1. The summed E-state index contributed by atoms with van der Waals surface area (Å²) in [5.74, 6) is 0.142. The Morgan fingerprint density at radius 3 is 2.68 bits per heavy atom. The van der Waals surface area contributed by atoms with Crippen molar-refractivity contribution in [1.82, 2.24) is 5.32 Å². The van der Waals surface area contributed by atoms with Crippen molar-refractivity contribution in [2.45, 2.75) is 26.3 Å². The largest absolute Gasteiger partial charge is 0.496 e. The summed E-state index contributed by atoms with van der Waals surface area (Å²) in [6.45, 7) is 3.87. The maximum Gasteiger partial charge on any atom is 0.225 e. The number of nitrogens with one attached hydrogen (secondary N) is 1. The van der Waals surface area contributed by atoms with Crippen LogP contribution in [0.3, 0.4) is 0 Å². The summed E-state index contributed by atoms with van der Waals surface area (Å²) in [4.78, 5) is 12.1. The van der Waals surface area contributed by atoms with Crippen molar-refractivity contribution in [3.05, 3.63) is 65.0 Å². The fourth-order valence-electron chi connectivity index (χ4n) is 2.38. The van der Waals surface area contributed by atoms with Crippen LogP contribution in [0.2, 0.25) is 0 Å². The number of methoxy groups -OCH3 is 1. The normalized spacial score (nSPS) is 11.8. The highest BCUT2D eigenvalue weighted by Crippen LogP contribution is 2.26. The van der Waals surface area contributed by atoms with Crippen LogP contribution in [-0.4, -0.2) is 13.0 Å². The van der Waals surface area contributed by atoms with Gasteiger partial charge in [-0.3, -0.25) is 4.79 Å².